The van der Waals surface area contributed by atoms with E-state index in [1.807, 2.05) is 27.0 Å². The summed E-state index contributed by atoms with van der Waals surface area (Å²) in [6.45, 7) is 7.08. The third kappa shape index (κ3) is 2.65. The normalized spacial score (nSPS) is 17.9. The van der Waals surface area contributed by atoms with Gasteiger partial charge in [0, 0.05) is 24.8 Å². The van der Waals surface area contributed by atoms with Crippen molar-refractivity contribution in [3.63, 3.8) is 0 Å². The Morgan fingerprint density at radius 3 is 2.61 bits per heavy atom. The lowest BCUT2D eigenvalue weighted by atomic mass is 10.0. The lowest BCUT2D eigenvalue weighted by Crippen LogP contribution is -2.37. The molecule has 0 spiro atoms. The lowest BCUT2D eigenvalue weighted by Gasteiger charge is -2.32. The van der Waals surface area contributed by atoms with Crippen molar-refractivity contribution in [1.29, 1.82) is 0 Å². The van der Waals surface area contributed by atoms with Gasteiger partial charge in [0.1, 0.15) is 5.82 Å². The molecule has 1 unspecified atom stereocenters. The van der Waals surface area contributed by atoms with Gasteiger partial charge in [-0.3, -0.25) is 0 Å². The average molecular weight is 252 g/mol. The highest BCUT2D eigenvalue weighted by Crippen LogP contribution is 2.29. The molecule has 0 aromatic heterocycles. The molecule has 0 saturated carbocycles. The van der Waals surface area contributed by atoms with Gasteiger partial charge in [-0.15, -0.1) is 0 Å². The number of nitrogens with one attached hydrogen (secondary N) is 1. The standard InChI is InChI=1S/C14H21FN2O/c1-10-8-14(17-4-6-18-7-5-17)12(9-13(10)15)11(2)16-3/h8-9,11,16H,4-7H2,1-3H3. The van der Waals surface area contributed by atoms with Crippen molar-refractivity contribution in [3.05, 3.63) is 29.1 Å². The van der Waals surface area contributed by atoms with E-state index in [-0.39, 0.29) is 11.9 Å². The molecule has 0 aliphatic carbocycles. The van der Waals surface area contributed by atoms with Crippen LogP contribution in [-0.2, 0) is 4.74 Å². The first-order valence-electron chi connectivity index (χ1n) is 6.43. The Morgan fingerprint density at radius 2 is 2.00 bits per heavy atom. The Bertz CT molecular complexity index is 417. The van der Waals surface area contributed by atoms with Gasteiger partial charge in [0.05, 0.1) is 13.2 Å². The number of anilines is 1. The minimum Gasteiger partial charge on any atom is -0.378 e. The van der Waals surface area contributed by atoms with Gasteiger partial charge in [-0.05, 0) is 44.2 Å². The minimum absolute atomic E-state index is 0.135. The second-order valence-electron chi connectivity index (χ2n) is 4.77. The summed E-state index contributed by atoms with van der Waals surface area (Å²) in [5.41, 5.74) is 2.84. The van der Waals surface area contributed by atoms with Crippen molar-refractivity contribution in [3.8, 4) is 0 Å². The number of hydrogen-bond donors (Lipinski definition) is 1. The van der Waals surface area contributed by atoms with E-state index in [2.05, 4.69) is 10.2 Å². The molecule has 100 valence electrons. The van der Waals surface area contributed by atoms with E-state index in [9.17, 15) is 4.39 Å². The maximum absolute atomic E-state index is 13.8. The molecule has 1 aliphatic rings. The quantitative estimate of drug-likeness (QED) is 0.893. The molecule has 1 fully saturated rings. The highest BCUT2D eigenvalue weighted by molar-refractivity contribution is 5.57. The van der Waals surface area contributed by atoms with Crippen LogP contribution in [0.2, 0.25) is 0 Å². The highest BCUT2D eigenvalue weighted by Gasteiger charge is 2.19. The molecule has 1 aromatic rings. The van der Waals surface area contributed by atoms with Crippen LogP contribution in [-0.4, -0.2) is 33.4 Å². The minimum atomic E-state index is -0.135. The molecule has 1 heterocycles. The smallest absolute Gasteiger partial charge is 0.126 e. The highest BCUT2D eigenvalue weighted by atomic mass is 19.1. The van der Waals surface area contributed by atoms with E-state index in [4.69, 9.17) is 4.74 Å². The van der Waals surface area contributed by atoms with Crippen molar-refractivity contribution in [2.75, 3.05) is 38.3 Å². The van der Waals surface area contributed by atoms with Crippen molar-refractivity contribution in [1.82, 2.24) is 5.32 Å². The van der Waals surface area contributed by atoms with E-state index < -0.39 is 0 Å². The summed E-state index contributed by atoms with van der Waals surface area (Å²) in [6, 6.07) is 3.74. The molecule has 1 aliphatic heterocycles. The van der Waals surface area contributed by atoms with Crippen LogP contribution in [0.15, 0.2) is 12.1 Å². The van der Waals surface area contributed by atoms with Gasteiger partial charge >= 0.3 is 0 Å². The van der Waals surface area contributed by atoms with Gasteiger partial charge in [-0.2, -0.15) is 0 Å². The van der Waals surface area contributed by atoms with Crippen LogP contribution in [0.1, 0.15) is 24.1 Å². The number of rotatable bonds is 3. The summed E-state index contributed by atoms with van der Waals surface area (Å²) < 4.78 is 19.1. The number of aryl methyl sites for hydroxylation is 1. The third-order valence-electron chi connectivity index (χ3n) is 3.56. The first-order chi connectivity index (χ1) is 8.63. The van der Waals surface area contributed by atoms with E-state index in [0.717, 1.165) is 37.6 Å². The summed E-state index contributed by atoms with van der Waals surface area (Å²) in [5, 5.41) is 3.18. The topological polar surface area (TPSA) is 24.5 Å². The Morgan fingerprint density at radius 1 is 1.33 bits per heavy atom. The molecule has 0 bridgehead atoms. The number of morpholine rings is 1. The van der Waals surface area contributed by atoms with Gasteiger partial charge < -0.3 is 15.0 Å². The van der Waals surface area contributed by atoms with E-state index >= 15 is 0 Å². The number of halogens is 1. The van der Waals surface area contributed by atoms with Gasteiger partial charge in [-0.1, -0.05) is 0 Å². The van der Waals surface area contributed by atoms with Crippen molar-refractivity contribution >= 4 is 5.69 Å². The van der Waals surface area contributed by atoms with Crippen LogP contribution in [0, 0.1) is 12.7 Å². The SMILES string of the molecule is CNC(C)c1cc(F)c(C)cc1N1CCOCC1. The molecule has 1 atom stereocenters. The number of nitrogens with zero attached hydrogens (tertiary/aromatic N) is 1. The van der Waals surface area contributed by atoms with Crippen molar-refractivity contribution in [2.45, 2.75) is 19.9 Å². The first kappa shape index (κ1) is 13.3. The fourth-order valence-electron chi connectivity index (χ4n) is 2.26. The summed E-state index contributed by atoms with van der Waals surface area (Å²) in [4.78, 5) is 2.28. The zero-order valence-corrected chi connectivity index (χ0v) is 11.3. The second kappa shape index (κ2) is 5.67. The Kier molecular flexibility index (Phi) is 4.19. The molecule has 4 heteroatoms. The summed E-state index contributed by atoms with van der Waals surface area (Å²) in [5.74, 6) is -0.135. The second-order valence-corrected chi connectivity index (χ2v) is 4.77. The van der Waals surface area contributed by atoms with Crippen LogP contribution in [0.4, 0.5) is 10.1 Å². The Balaban J connectivity index is 2.39. The lowest BCUT2D eigenvalue weighted by molar-refractivity contribution is 0.122. The zero-order chi connectivity index (χ0) is 13.1. The summed E-state index contributed by atoms with van der Waals surface area (Å²) >= 11 is 0. The number of benzene rings is 1. The Labute approximate surface area is 108 Å². The van der Waals surface area contributed by atoms with Crippen LogP contribution in [0.5, 0.6) is 0 Å². The Hall–Kier alpha value is -1.13. The van der Waals surface area contributed by atoms with Gasteiger partial charge in [0.15, 0.2) is 0 Å². The van der Waals surface area contributed by atoms with Crippen LogP contribution in [0.3, 0.4) is 0 Å². The van der Waals surface area contributed by atoms with E-state index in [1.165, 1.54) is 0 Å². The fraction of sp³-hybridized carbons (Fsp3) is 0.571. The molecule has 1 saturated heterocycles. The zero-order valence-electron chi connectivity index (χ0n) is 11.3. The molecule has 0 radical (unpaired) electrons. The number of hydrogen-bond acceptors (Lipinski definition) is 3. The van der Waals surface area contributed by atoms with Crippen LogP contribution in [0.25, 0.3) is 0 Å². The molecule has 0 amide bonds. The van der Waals surface area contributed by atoms with Gasteiger partial charge in [0.25, 0.3) is 0 Å². The van der Waals surface area contributed by atoms with Crippen molar-refractivity contribution < 1.29 is 9.13 Å². The maximum Gasteiger partial charge on any atom is 0.126 e. The van der Waals surface area contributed by atoms with Crippen LogP contribution < -0.4 is 10.2 Å². The molecule has 1 N–H and O–H groups in total. The predicted octanol–water partition coefficient (Wildman–Crippen LogP) is 2.25. The monoisotopic (exact) mass is 252 g/mol. The van der Waals surface area contributed by atoms with Gasteiger partial charge in [-0.25, -0.2) is 4.39 Å². The van der Waals surface area contributed by atoms with Gasteiger partial charge in [0.2, 0.25) is 0 Å². The average Bonchev–Trinajstić information content (AvgIpc) is 2.41. The van der Waals surface area contributed by atoms with E-state index in [0.29, 0.717) is 5.56 Å². The van der Waals surface area contributed by atoms with Crippen molar-refractivity contribution in [2.24, 2.45) is 0 Å². The number of ether oxygens (including phenoxy) is 1. The largest absolute Gasteiger partial charge is 0.378 e. The molecule has 3 nitrogen and oxygen atoms in total. The molecule has 1 aromatic carbocycles. The first-order valence-corrected chi connectivity index (χ1v) is 6.43. The summed E-state index contributed by atoms with van der Waals surface area (Å²) in [6.07, 6.45) is 0. The van der Waals surface area contributed by atoms with E-state index in [1.54, 1.807) is 6.07 Å². The molecular weight excluding hydrogens is 231 g/mol. The predicted molar refractivity (Wildman–Crippen MR) is 71.6 cm³/mol. The molecule has 2 rings (SSSR count). The third-order valence-corrected chi connectivity index (χ3v) is 3.56. The molecule has 18 heavy (non-hydrogen) atoms. The summed E-state index contributed by atoms with van der Waals surface area (Å²) in [7, 11) is 1.89. The fourth-order valence-corrected chi connectivity index (χ4v) is 2.26. The maximum atomic E-state index is 13.8. The van der Waals surface area contributed by atoms with Crippen LogP contribution >= 0.6 is 0 Å². The molecular formula is C14H21FN2O.